The van der Waals surface area contributed by atoms with Crippen LogP contribution in [-0.2, 0) is 4.74 Å². The molecule has 0 saturated heterocycles. The van der Waals surface area contributed by atoms with Crippen LogP contribution < -0.4 is 5.32 Å². The minimum atomic E-state index is -0.817. The molecule has 1 saturated carbocycles. The highest BCUT2D eigenvalue weighted by atomic mass is 19.1. The van der Waals surface area contributed by atoms with E-state index in [2.05, 4.69) is 5.32 Å². The number of nitro benzene ring substituents is 1. The second-order valence-electron chi connectivity index (χ2n) is 4.09. The van der Waals surface area contributed by atoms with Crippen molar-refractivity contribution in [3.05, 3.63) is 34.1 Å². The molecule has 0 aliphatic heterocycles. The van der Waals surface area contributed by atoms with Gasteiger partial charge in [-0.25, -0.2) is 0 Å². The first-order valence-corrected chi connectivity index (χ1v) is 5.33. The molecule has 1 aromatic rings. The van der Waals surface area contributed by atoms with Gasteiger partial charge < -0.3 is 10.1 Å². The first-order valence-electron chi connectivity index (χ1n) is 5.33. The van der Waals surface area contributed by atoms with E-state index in [1.165, 1.54) is 12.1 Å². The molecule has 0 spiro atoms. The highest BCUT2D eigenvalue weighted by Gasteiger charge is 2.29. The average Bonchev–Trinajstić information content (AvgIpc) is 2.22. The van der Waals surface area contributed by atoms with E-state index in [-0.39, 0.29) is 12.1 Å². The van der Waals surface area contributed by atoms with E-state index in [0.29, 0.717) is 5.69 Å². The van der Waals surface area contributed by atoms with Crippen LogP contribution in [0, 0.1) is 15.9 Å². The van der Waals surface area contributed by atoms with Crippen molar-refractivity contribution in [2.24, 2.45) is 0 Å². The first kappa shape index (κ1) is 11.8. The van der Waals surface area contributed by atoms with Crippen molar-refractivity contribution < 1.29 is 14.1 Å². The molecule has 6 heteroatoms. The smallest absolute Gasteiger partial charge is 0.304 e. The van der Waals surface area contributed by atoms with Gasteiger partial charge in [-0.2, -0.15) is 4.39 Å². The Labute approximate surface area is 97.7 Å². The van der Waals surface area contributed by atoms with Gasteiger partial charge in [0.1, 0.15) is 0 Å². The normalized spacial score (nSPS) is 22.9. The van der Waals surface area contributed by atoms with Gasteiger partial charge in [0.2, 0.25) is 5.82 Å². The molecule has 0 atom stereocenters. The Morgan fingerprint density at radius 2 is 2.24 bits per heavy atom. The number of hydrogen-bond donors (Lipinski definition) is 1. The molecular weight excluding hydrogens is 227 g/mol. The summed E-state index contributed by atoms with van der Waals surface area (Å²) in [5.41, 5.74) is 0.0616. The topological polar surface area (TPSA) is 64.4 Å². The lowest BCUT2D eigenvalue weighted by Crippen LogP contribution is -2.40. The van der Waals surface area contributed by atoms with Crippen molar-refractivity contribution in [2.45, 2.75) is 25.0 Å². The van der Waals surface area contributed by atoms with Crippen LogP contribution in [0.25, 0.3) is 0 Å². The monoisotopic (exact) mass is 240 g/mol. The van der Waals surface area contributed by atoms with Crippen LogP contribution in [0.1, 0.15) is 12.8 Å². The van der Waals surface area contributed by atoms with Crippen LogP contribution in [-0.4, -0.2) is 24.2 Å². The molecule has 1 aliphatic rings. The zero-order chi connectivity index (χ0) is 12.4. The maximum Gasteiger partial charge on any atom is 0.304 e. The van der Waals surface area contributed by atoms with Gasteiger partial charge in [-0.05, 0) is 18.9 Å². The van der Waals surface area contributed by atoms with Gasteiger partial charge in [0, 0.05) is 31.0 Å². The number of hydrogen-bond acceptors (Lipinski definition) is 4. The Morgan fingerprint density at radius 1 is 1.53 bits per heavy atom. The average molecular weight is 240 g/mol. The quantitative estimate of drug-likeness (QED) is 0.648. The third-order valence-electron chi connectivity index (χ3n) is 2.94. The van der Waals surface area contributed by atoms with Gasteiger partial charge in [0.15, 0.2) is 0 Å². The van der Waals surface area contributed by atoms with E-state index >= 15 is 0 Å². The predicted octanol–water partition coefficient (Wildman–Crippen LogP) is 2.32. The van der Waals surface area contributed by atoms with Gasteiger partial charge in [0.05, 0.1) is 11.0 Å². The maximum atomic E-state index is 13.3. The Bertz CT molecular complexity index is 433. The van der Waals surface area contributed by atoms with E-state index < -0.39 is 16.4 Å². The number of nitro groups is 1. The number of ether oxygens (including phenoxy) is 1. The molecule has 92 valence electrons. The maximum absolute atomic E-state index is 13.3. The van der Waals surface area contributed by atoms with Crippen molar-refractivity contribution in [2.75, 3.05) is 12.4 Å². The van der Waals surface area contributed by atoms with Crippen molar-refractivity contribution in [3.8, 4) is 0 Å². The molecule has 1 aromatic carbocycles. The predicted molar refractivity (Wildman–Crippen MR) is 60.5 cm³/mol. The van der Waals surface area contributed by atoms with Gasteiger partial charge in [0.25, 0.3) is 0 Å². The highest BCUT2D eigenvalue weighted by Crippen LogP contribution is 2.28. The number of rotatable bonds is 4. The molecule has 0 radical (unpaired) electrons. The molecule has 1 aliphatic carbocycles. The van der Waals surface area contributed by atoms with Crippen LogP contribution in [0.4, 0.5) is 15.8 Å². The van der Waals surface area contributed by atoms with Crippen molar-refractivity contribution in [1.29, 1.82) is 0 Å². The van der Waals surface area contributed by atoms with Crippen LogP contribution in [0.15, 0.2) is 18.2 Å². The van der Waals surface area contributed by atoms with Crippen molar-refractivity contribution in [3.63, 3.8) is 0 Å². The Balaban J connectivity index is 1.99. The lowest BCUT2D eigenvalue weighted by molar-refractivity contribution is -0.387. The van der Waals surface area contributed by atoms with Gasteiger partial charge in [-0.1, -0.05) is 0 Å². The number of anilines is 1. The van der Waals surface area contributed by atoms with E-state index in [0.717, 1.165) is 18.9 Å². The summed E-state index contributed by atoms with van der Waals surface area (Å²) in [6.45, 7) is 0. The molecule has 17 heavy (non-hydrogen) atoms. The minimum Gasteiger partial charge on any atom is -0.382 e. The van der Waals surface area contributed by atoms with E-state index in [4.69, 9.17) is 4.74 Å². The SMILES string of the molecule is COC1CC(Nc2ccc([N+](=O)[O-])c(F)c2)C1. The number of methoxy groups -OCH3 is 1. The lowest BCUT2D eigenvalue weighted by Gasteiger charge is -2.35. The Kier molecular flexibility index (Phi) is 3.23. The Hall–Kier alpha value is -1.69. The molecular formula is C11H13FN2O3. The standard InChI is InChI=1S/C11H13FN2O3/c1-17-9-4-8(5-9)13-7-2-3-11(14(15)16)10(12)6-7/h2-3,6,8-9,13H,4-5H2,1H3. The summed E-state index contributed by atoms with van der Waals surface area (Å²) in [7, 11) is 1.66. The van der Waals surface area contributed by atoms with Gasteiger partial charge in [-0.3, -0.25) is 10.1 Å². The molecule has 0 aromatic heterocycles. The molecule has 1 N–H and O–H groups in total. The molecule has 0 unspecified atom stereocenters. The summed E-state index contributed by atoms with van der Waals surface area (Å²) in [6, 6.07) is 4.09. The Morgan fingerprint density at radius 3 is 2.76 bits per heavy atom. The summed E-state index contributed by atoms with van der Waals surface area (Å²) >= 11 is 0. The fraction of sp³-hybridized carbons (Fsp3) is 0.455. The lowest BCUT2D eigenvalue weighted by atomic mass is 9.89. The van der Waals surface area contributed by atoms with Crippen LogP contribution in [0.2, 0.25) is 0 Å². The zero-order valence-electron chi connectivity index (χ0n) is 9.35. The third-order valence-corrected chi connectivity index (χ3v) is 2.94. The zero-order valence-corrected chi connectivity index (χ0v) is 9.35. The summed E-state index contributed by atoms with van der Waals surface area (Å²) in [5, 5.41) is 13.5. The first-order chi connectivity index (χ1) is 8.10. The number of benzene rings is 1. The van der Waals surface area contributed by atoms with Crippen LogP contribution >= 0.6 is 0 Å². The molecule has 5 nitrogen and oxygen atoms in total. The second kappa shape index (κ2) is 4.67. The highest BCUT2D eigenvalue weighted by molar-refractivity contribution is 5.50. The van der Waals surface area contributed by atoms with Gasteiger partial charge >= 0.3 is 5.69 Å². The van der Waals surface area contributed by atoms with Crippen LogP contribution in [0.3, 0.4) is 0 Å². The summed E-state index contributed by atoms with van der Waals surface area (Å²) < 4.78 is 18.4. The molecule has 0 heterocycles. The molecule has 2 rings (SSSR count). The number of nitrogens with zero attached hydrogens (tertiary/aromatic N) is 1. The number of halogens is 1. The fourth-order valence-electron chi connectivity index (χ4n) is 1.86. The molecule has 1 fully saturated rings. The molecule has 0 bridgehead atoms. The minimum absolute atomic E-state index is 0.251. The second-order valence-corrected chi connectivity index (χ2v) is 4.09. The van der Waals surface area contributed by atoms with E-state index in [9.17, 15) is 14.5 Å². The largest absolute Gasteiger partial charge is 0.382 e. The van der Waals surface area contributed by atoms with E-state index in [1.807, 2.05) is 0 Å². The van der Waals surface area contributed by atoms with E-state index in [1.54, 1.807) is 7.11 Å². The van der Waals surface area contributed by atoms with Crippen molar-refractivity contribution in [1.82, 2.24) is 0 Å². The fourth-order valence-corrected chi connectivity index (χ4v) is 1.86. The van der Waals surface area contributed by atoms with Crippen LogP contribution in [0.5, 0.6) is 0 Å². The van der Waals surface area contributed by atoms with Gasteiger partial charge in [-0.15, -0.1) is 0 Å². The summed E-state index contributed by atoms with van der Waals surface area (Å²) in [6.07, 6.45) is 2.00. The molecule has 0 amide bonds. The summed E-state index contributed by atoms with van der Waals surface area (Å²) in [4.78, 5) is 9.70. The summed E-state index contributed by atoms with van der Waals surface area (Å²) in [5.74, 6) is -0.817. The number of nitrogens with one attached hydrogen (secondary N) is 1. The third kappa shape index (κ3) is 2.52. The van der Waals surface area contributed by atoms with Crippen molar-refractivity contribution >= 4 is 11.4 Å².